The van der Waals surface area contributed by atoms with E-state index in [4.69, 9.17) is 39.7 Å². The lowest BCUT2D eigenvalue weighted by Crippen LogP contribution is -2.29. The zero-order valence-corrected chi connectivity index (χ0v) is 41.7. The molecule has 0 radical (unpaired) electrons. The Labute approximate surface area is 418 Å². The number of aromatic nitrogens is 7. The van der Waals surface area contributed by atoms with Crippen LogP contribution in [0.3, 0.4) is 0 Å². The summed E-state index contributed by atoms with van der Waals surface area (Å²) in [6.07, 6.45) is 2.10. The number of aliphatic hydroxyl groups excluding tert-OH is 2. The minimum Gasteiger partial charge on any atom is -0.491 e. The number of likely N-dealkylation sites (N-methyl/N-ethyl adjacent to an activating group) is 1. The number of rotatable bonds is 22. The van der Waals surface area contributed by atoms with E-state index in [2.05, 4.69) is 33.0 Å². The molecule has 5 heterocycles. The maximum atomic E-state index is 13.4. The van der Waals surface area contributed by atoms with Gasteiger partial charge in [-0.05, 0) is 107 Å². The molecule has 7 N–H and O–H groups in total. The molecule has 3 aromatic carbocycles. The van der Waals surface area contributed by atoms with Gasteiger partial charge in [0.25, 0.3) is 0 Å². The molecular weight excluding hydrogens is 915 g/mol. The standard InChI is InChI=1S/C54H63N11O7/c1-32(2)64-51-46(28-58-64)50(23-48(61-51)39-11-9-13-43(21-39)71-31-41(67)25-56-6)63-54(68)72-29-37-16-14-36(15-17-37)19-35(5)65-52-45(27-59-65)49(57-26-44-33(3)18-34(4)60-53(44)69-7)22-47(62-52)38-10-8-12-42(20-38)70-30-40(66)24-55/h8-18,20-23,27-28,32,35,40-41,56,66-67H,19,24-26,29-31,55H2,1-7H3,(H,57,62)(H,61,63,68). The molecule has 3 atom stereocenters. The third-order valence-corrected chi connectivity index (χ3v) is 12.1. The largest absolute Gasteiger partial charge is 0.491 e. The summed E-state index contributed by atoms with van der Waals surface area (Å²) in [6.45, 7) is 11.3. The number of carbonyl (C=O) groups excluding carboxylic acids is 1. The number of amides is 1. The van der Waals surface area contributed by atoms with E-state index < -0.39 is 18.3 Å². The first-order valence-corrected chi connectivity index (χ1v) is 24.0. The average Bonchev–Trinajstić information content (AvgIpc) is 4.02. The van der Waals surface area contributed by atoms with Crippen LogP contribution in [0.2, 0.25) is 0 Å². The van der Waals surface area contributed by atoms with Gasteiger partial charge in [-0.15, -0.1) is 0 Å². The predicted octanol–water partition coefficient (Wildman–Crippen LogP) is 7.93. The lowest BCUT2D eigenvalue weighted by molar-refractivity contribution is 0.108. The quantitative estimate of drug-likeness (QED) is 0.0379. The highest BCUT2D eigenvalue weighted by atomic mass is 16.5. The fourth-order valence-electron chi connectivity index (χ4n) is 8.41. The second kappa shape index (κ2) is 23.1. The Kier molecular flexibility index (Phi) is 16.3. The molecule has 3 unspecified atom stereocenters. The fraction of sp³-hybridized carbons (Fsp3) is 0.333. The molecule has 18 nitrogen and oxygen atoms in total. The Balaban J connectivity index is 0.975. The number of benzene rings is 3. The van der Waals surface area contributed by atoms with Crippen molar-refractivity contribution in [1.29, 1.82) is 0 Å². The highest BCUT2D eigenvalue weighted by Gasteiger charge is 2.20. The summed E-state index contributed by atoms with van der Waals surface area (Å²) >= 11 is 0. The average molecular weight is 978 g/mol. The fourth-order valence-corrected chi connectivity index (χ4v) is 8.41. The molecule has 72 heavy (non-hydrogen) atoms. The first kappa shape index (κ1) is 50.7. The van der Waals surface area contributed by atoms with E-state index in [9.17, 15) is 15.0 Å². The van der Waals surface area contributed by atoms with Crippen LogP contribution in [0.4, 0.5) is 16.2 Å². The van der Waals surface area contributed by atoms with Crippen LogP contribution in [-0.2, 0) is 24.3 Å². The van der Waals surface area contributed by atoms with E-state index in [1.165, 1.54) is 0 Å². The van der Waals surface area contributed by atoms with Crippen molar-refractivity contribution in [3.8, 4) is 39.9 Å². The van der Waals surface area contributed by atoms with Crippen molar-refractivity contribution in [1.82, 2.24) is 39.8 Å². The summed E-state index contributed by atoms with van der Waals surface area (Å²) in [4.78, 5) is 28.2. The summed E-state index contributed by atoms with van der Waals surface area (Å²) in [6, 6.07) is 28.8. The second-order valence-corrected chi connectivity index (χ2v) is 18.1. The minimum absolute atomic E-state index is 0.0135. The summed E-state index contributed by atoms with van der Waals surface area (Å²) in [5, 5.41) is 40.7. The van der Waals surface area contributed by atoms with Crippen molar-refractivity contribution in [2.75, 3.05) is 51.1 Å². The zero-order valence-electron chi connectivity index (χ0n) is 41.7. The van der Waals surface area contributed by atoms with Gasteiger partial charge in [0.1, 0.15) is 43.5 Å². The maximum Gasteiger partial charge on any atom is 0.411 e. The van der Waals surface area contributed by atoms with Crippen LogP contribution in [0, 0.1) is 13.8 Å². The van der Waals surface area contributed by atoms with Crippen LogP contribution in [0.25, 0.3) is 44.6 Å². The number of hydrogen-bond donors (Lipinski definition) is 6. The first-order valence-electron chi connectivity index (χ1n) is 24.0. The van der Waals surface area contributed by atoms with Crippen LogP contribution < -0.4 is 35.9 Å². The molecule has 0 aliphatic rings. The molecule has 0 aliphatic carbocycles. The Morgan fingerprint density at radius 1 is 0.750 bits per heavy atom. The molecule has 0 aliphatic heterocycles. The number of nitrogens with two attached hydrogens (primary N) is 1. The van der Waals surface area contributed by atoms with Crippen LogP contribution in [0.1, 0.15) is 60.8 Å². The van der Waals surface area contributed by atoms with Crippen LogP contribution in [-0.4, -0.2) is 103 Å². The number of carbonyl (C=O) groups is 1. The molecule has 0 spiro atoms. The highest BCUT2D eigenvalue weighted by molar-refractivity contribution is 5.99. The summed E-state index contributed by atoms with van der Waals surface area (Å²) in [5.41, 5.74) is 15.9. The molecule has 18 heteroatoms. The number of hydrogen-bond acceptors (Lipinski definition) is 15. The van der Waals surface area contributed by atoms with Crippen LogP contribution >= 0.6 is 0 Å². The van der Waals surface area contributed by atoms with E-state index in [1.54, 1.807) is 26.4 Å². The number of pyridine rings is 3. The van der Waals surface area contributed by atoms with Crippen LogP contribution in [0.15, 0.2) is 103 Å². The number of nitrogens with zero attached hydrogens (tertiary/aromatic N) is 7. The Morgan fingerprint density at radius 3 is 1.97 bits per heavy atom. The van der Waals surface area contributed by atoms with Crippen molar-refractivity contribution in [3.05, 3.63) is 131 Å². The summed E-state index contributed by atoms with van der Waals surface area (Å²) < 4.78 is 26.9. The molecule has 376 valence electrons. The summed E-state index contributed by atoms with van der Waals surface area (Å²) in [7, 11) is 3.40. The van der Waals surface area contributed by atoms with Gasteiger partial charge in [0.15, 0.2) is 11.3 Å². The number of anilines is 2. The molecule has 8 rings (SSSR count). The van der Waals surface area contributed by atoms with Gasteiger partial charge in [0.2, 0.25) is 5.88 Å². The van der Waals surface area contributed by atoms with E-state index in [0.29, 0.717) is 70.6 Å². The monoisotopic (exact) mass is 977 g/mol. The second-order valence-electron chi connectivity index (χ2n) is 18.1. The smallest absolute Gasteiger partial charge is 0.411 e. The van der Waals surface area contributed by atoms with Crippen molar-refractivity contribution in [2.24, 2.45) is 5.73 Å². The van der Waals surface area contributed by atoms with Gasteiger partial charge in [0, 0.05) is 53.7 Å². The molecule has 8 aromatic rings. The topological polar surface area (TPSA) is 231 Å². The van der Waals surface area contributed by atoms with Crippen molar-refractivity contribution in [2.45, 2.75) is 78.5 Å². The zero-order chi connectivity index (χ0) is 50.9. The lowest BCUT2D eigenvalue weighted by atomic mass is 10.1. The molecule has 1 amide bonds. The molecule has 0 saturated carbocycles. The van der Waals surface area contributed by atoms with E-state index in [-0.39, 0.29) is 38.4 Å². The van der Waals surface area contributed by atoms with E-state index >= 15 is 0 Å². The van der Waals surface area contributed by atoms with E-state index in [1.807, 2.05) is 128 Å². The number of ether oxygens (including phenoxy) is 4. The number of fused-ring (bicyclic) bond motifs is 2. The third kappa shape index (κ3) is 12.1. The van der Waals surface area contributed by atoms with Crippen molar-refractivity contribution >= 4 is 39.5 Å². The summed E-state index contributed by atoms with van der Waals surface area (Å²) in [5.74, 6) is 1.73. The Hall–Kier alpha value is -7.64. The number of aliphatic hydroxyl groups is 2. The van der Waals surface area contributed by atoms with Gasteiger partial charge in [-0.3, -0.25) is 5.32 Å². The third-order valence-electron chi connectivity index (χ3n) is 12.1. The van der Waals surface area contributed by atoms with Gasteiger partial charge in [-0.1, -0.05) is 48.5 Å². The van der Waals surface area contributed by atoms with Crippen LogP contribution in [0.5, 0.6) is 17.4 Å². The number of methoxy groups -OCH3 is 1. The van der Waals surface area contributed by atoms with Gasteiger partial charge >= 0.3 is 6.09 Å². The van der Waals surface area contributed by atoms with Gasteiger partial charge in [-0.25, -0.2) is 29.1 Å². The van der Waals surface area contributed by atoms with Gasteiger partial charge in [-0.2, -0.15) is 10.2 Å². The molecule has 5 aromatic heterocycles. The van der Waals surface area contributed by atoms with Crippen molar-refractivity contribution < 1.29 is 34.0 Å². The van der Waals surface area contributed by atoms with Gasteiger partial charge in [0.05, 0.1) is 53.4 Å². The predicted molar refractivity (Wildman–Crippen MR) is 279 cm³/mol. The molecule has 0 fully saturated rings. The van der Waals surface area contributed by atoms with E-state index in [0.717, 1.165) is 50.1 Å². The Morgan fingerprint density at radius 2 is 1.35 bits per heavy atom. The first-order chi connectivity index (χ1) is 34.8. The number of nitrogens with one attached hydrogen (secondary N) is 3. The normalized spacial score (nSPS) is 12.8. The molecular formula is C54H63N11O7. The molecule has 0 saturated heterocycles. The lowest BCUT2D eigenvalue weighted by Gasteiger charge is -2.17. The van der Waals surface area contributed by atoms with Crippen molar-refractivity contribution in [3.63, 3.8) is 0 Å². The Bertz CT molecular complexity index is 3140. The minimum atomic E-state index is -0.780. The molecule has 0 bridgehead atoms. The maximum absolute atomic E-state index is 13.4. The number of aryl methyl sites for hydroxylation is 2. The highest BCUT2D eigenvalue weighted by Crippen LogP contribution is 2.34. The van der Waals surface area contributed by atoms with Gasteiger partial charge < -0.3 is 45.5 Å². The SMILES string of the molecule is CNCC(O)COc1cccc(-c2cc(NC(=O)OCc3ccc(CC(C)n4ncc5c(NCc6c(C)cc(C)nc6OC)cc(-c6cccc(OCC(O)CN)c6)nc54)cc3)c3cnn(C(C)C)c3n2)c1.